The average molecular weight is 469 g/mol. The molecule has 0 unspecified atom stereocenters. The molecule has 33 heavy (non-hydrogen) atoms. The Morgan fingerprint density at radius 3 is 2.52 bits per heavy atom. The fourth-order valence-electron chi connectivity index (χ4n) is 3.34. The van der Waals surface area contributed by atoms with Crippen LogP contribution < -0.4 is 5.32 Å². The number of aryl methyl sites for hydroxylation is 1. The average Bonchev–Trinajstić information content (AvgIpc) is 3.26. The molecule has 0 radical (unpaired) electrons. The van der Waals surface area contributed by atoms with Gasteiger partial charge in [0.1, 0.15) is 15.6 Å². The molecule has 4 aromatic rings. The lowest BCUT2D eigenvalue weighted by Gasteiger charge is -2.15. The van der Waals surface area contributed by atoms with Crippen molar-refractivity contribution in [1.82, 2.24) is 20.3 Å². The SMILES string of the molecule is Cc1cccnc1-c1nc(C(F)(F)F)c(C(=O)N[C@@H](C)c2cccc(-c3cccnc3)c2)s1. The molecule has 0 aliphatic rings. The predicted molar refractivity (Wildman–Crippen MR) is 121 cm³/mol. The highest BCUT2D eigenvalue weighted by atomic mass is 32.1. The highest BCUT2D eigenvalue weighted by Gasteiger charge is 2.40. The maximum atomic E-state index is 13.7. The number of benzene rings is 1. The second-order valence-electron chi connectivity index (χ2n) is 7.43. The molecule has 0 fully saturated rings. The monoisotopic (exact) mass is 468 g/mol. The van der Waals surface area contributed by atoms with Crippen LogP contribution in [0.2, 0.25) is 0 Å². The summed E-state index contributed by atoms with van der Waals surface area (Å²) in [5.41, 5.74) is 2.33. The summed E-state index contributed by atoms with van der Waals surface area (Å²) < 4.78 is 41.0. The Balaban J connectivity index is 1.63. The van der Waals surface area contributed by atoms with E-state index in [4.69, 9.17) is 0 Å². The van der Waals surface area contributed by atoms with Gasteiger partial charge in [0.2, 0.25) is 0 Å². The summed E-state index contributed by atoms with van der Waals surface area (Å²) in [5, 5.41) is 2.73. The molecule has 9 heteroatoms. The van der Waals surface area contributed by atoms with Crippen LogP contribution in [-0.2, 0) is 6.18 Å². The molecule has 3 aromatic heterocycles. The third kappa shape index (κ3) is 4.93. The number of alkyl halides is 3. The fourth-order valence-corrected chi connectivity index (χ4v) is 4.39. The molecule has 1 amide bonds. The van der Waals surface area contributed by atoms with Gasteiger partial charge in [-0.3, -0.25) is 14.8 Å². The number of pyridine rings is 2. The van der Waals surface area contributed by atoms with Crippen molar-refractivity contribution in [1.29, 1.82) is 0 Å². The first-order valence-electron chi connectivity index (χ1n) is 10.1. The molecule has 0 bridgehead atoms. The van der Waals surface area contributed by atoms with Gasteiger partial charge in [-0.2, -0.15) is 13.2 Å². The van der Waals surface area contributed by atoms with Crippen LogP contribution >= 0.6 is 11.3 Å². The smallest absolute Gasteiger partial charge is 0.345 e. The van der Waals surface area contributed by atoms with E-state index in [1.54, 1.807) is 38.4 Å². The van der Waals surface area contributed by atoms with E-state index >= 15 is 0 Å². The molecule has 168 valence electrons. The number of halogens is 3. The second-order valence-corrected chi connectivity index (χ2v) is 8.42. The van der Waals surface area contributed by atoms with Crippen molar-refractivity contribution in [2.45, 2.75) is 26.1 Å². The van der Waals surface area contributed by atoms with Gasteiger partial charge in [0, 0.05) is 18.6 Å². The number of nitrogens with zero attached hydrogens (tertiary/aromatic N) is 3. The van der Waals surface area contributed by atoms with Crippen molar-refractivity contribution in [2.24, 2.45) is 0 Å². The number of carbonyl (C=O) groups is 1. The minimum atomic E-state index is -4.77. The molecule has 0 aliphatic heterocycles. The summed E-state index contributed by atoms with van der Waals surface area (Å²) in [4.78, 5) is 24.4. The zero-order valence-corrected chi connectivity index (χ0v) is 18.5. The lowest BCUT2D eigenvalue weighted by molar-refractivity contribution is -0.141. The normalized spacial score (nSPS) is 12.4. The molecule has 0 spiro atoms. The summed E-state index contributed by atoms with van der Waals surface area (Å²) in [5.74, 6) is -0.834. The molecular weight excluding hydrogens is 449 g/mol. The fraction of sp³-hybridized carbons (Fsp3) is 0.167. The highest BCUT2D eigenvalue weighted by molar-refractivity contribution is 7.17. The van der Waals surface area contributed by atoms with Crippen molar-refractivity contribution in [3.8, 4) is 21.8 Å². The van der Waals surface area contributed by atoms with Gasteiger partial charge in [0.05, 0.1) is 6.04 Å². The zero-order valence-electron chi connectivity index (χ0n) is 17.7. The van der Waals surface area contributed by atoms with E-state index in [0.29, 0.717) is 22.6 Å². The molecule has 1 aromatic carbocycles. The minimum absolute atomic E-state index is 0.0526. The Kier molecular flexibility index (Phi) is 6.24. The Bertz CT molecular complexity index is 1290. The van der Waals surface area contributed by atoms with Crippen LogP contribution in [0.4, 0.5) is 13.2 Å². The number of rotatable bonds is 5. The van der Waals surface area contributed by atoms with Gasteiger partial charge >= 0.3 is 6.18 Å². The predicted octanol–water partition coefficient (Wildman–Crippen LogP) is 6.09. The number of aromatic nitrogens is 3. The highest BCUT2D eigenvalue weighted by Crippen LogP contribution is 2.38. The van der Waals surface area contributed by atoms with Gasteiger partial charge in [-0.05, 0) is 54.3 Å². The van der Waals surface area contributed by atoms with Crippen LogP contribution in [-0.4, -0.2) is 20.9 Å². The van der Waals surface area contributed by atoms with Crippen molar-refractivity contribution in [2.75, 3.05) is 0 Å². The van der Waals surface area contributed by atoms with Crippen molar-refractivity contribution >= 4 is 17.2 Å². The second kappa shape index (κ2) is 9.11. The van der Waals surface area contributed by atoms with Crippen LogP contribution in [0.5, 0.6) is 0 Å². The lowest BCUT2D eigenvalue weighted by atomic mass is 10.0. The summed E-state index contributed by atoms with van der Waals surface area (Å²) in [6.07, 6.45) is 0.0995. The summed E-state index contributed by atoms with van der Waals surface area (Å²) in [6.45, 7) is 3.45. The summed E-state index contributed by atoms with van der Waals surface area (Å²) >= 11 is 0.685. The van der Waals surface area contributed by atoms with Crippen molar-refractivity contribution < 1.29 is 18.0 Å². The van der Waals surface area contributed by atoms with E-state index in [-0.39, 0.29) is 5.01 Å². The Morgan fingerprint density at radius 1 is 1.06 bits per heavy atom. The van der Waals surface area contributed by atoms with Gasteiger partial charge < -0.3 is 5.32 Å². The van der Waals surface area contributed by atoms with Crippen LogP contribution in [0.15, 0.2) is 67.1 Å². The molecule has 4 rings (SSSR count). The van der Waals surface area contributed by atoms with E-state index in [0.717, 1.165) is 16.7 Å². The van der Waals surface area contributed by atoms with Gasteiger partial charge in [-0.15, -0.1) is 11.3 Å². The standard InChI is InChI=1S/C24H19F3N4OS/c1-14-6-4-11-29-19(14)23-31-21(24(25,26)27)20(33-23)22(32)30-15(2)16-7-3-8-17(12-16)18-9-5-10-28-13-18/h3-13,15H,1-2H3,(H,30,32)/t15-/m0/s1. The molecule has 0 saturated heterocycles. The molecule has 5 nitrogen and oxygen atoms in total. The number of hydrogen-bond acceptors (Lipinski definition) is 5. The van der Waals surface area contributed by atoms with Crippen LogP contribution in [0.25, 0.3) is 21.8 Å². The molecule has 1 N–H and O–H groups in total. The van der Waals surface area contributed by atoms with Crippen LogP contribution in [0, 0.1) is 6.92 Å². The topological polar surface area (TPSA) is 67.8 Å². The van der Waals surface area contributed by atoms with E-state index < -0.39 is 28.7 Å². The number of thiazole rings is 1. The number of amides is 1. The van der Waals surface area contributed by atoms with E-state index in [9.17, 15) is 18.0 Å². The molecule has 0 saturated carbocycles. The first-order chi connectivity index (χ1) is 15.7. The Hall–Kier alpha value is -3.59. The quantitative estimate of drug-likeness (QED) is 0.385. The third-order valence-corrected chi connectivity index (χ3v) is 6.10. The van der Waals surface area contributed by atoms with Gasteiger partial charge in [-0.25, -0.2) is 4.98 Å². The Labute approximate surface area is 192 Å². The zero-order chi connectivity index (χ0) is 23.6. The van der Waals surface area contributed by atoms with Crippen LogP contribution in [0.1, 0.15) is 39.5 Å². The summed E-state index contributed by atoms with van der Waals surface area (Å²) in [6, 6.07) is 14.0. The Morgan fingerprint density at radius 2 is 1.82 bits per heavy atom. The van der Waals surface area contributed by atoms with Gasteiger partial charge in [0.15, 0.2) is 5.69 Å². The van der Waals surface area contributed by atoms with E-state index in [1.165, 1.54) is 6.20 Å². The third-order valence-electron chi connectivity index (χ3n) is 5.04. The van der Waals surface area contributed by atoms with Crippen molar-refractivity contribution in [3.63, 3.8) is 0 Å². The number of nitrogens with one attached hydrogen (secondary N) is 1. The number of hydrogen-bond donors (Lipinski definition) is 1. The first-order valence-corrected chi connectivity index (χ1v) is 10.9. The minimum Gasteiger partial charge on any atom is -0.345 e. The van der Waals surface area contributed by atoms with E-state index in [2.05, 4.69) is 20.3 Å². The van der Waals surface area contributed by atoms with Gasteiger partial charge in [0.25, 0.3) is 5.91 Å². The van der Waals surface area contributed by atoms with Crippen molar-refractivity contribution in [3.05, 3.63) is 88.8 Å². The summed E-state index contributed by atoms with van der Waals surface area (Å²) in [7, 11) is 0. The van der Waals surface area contributed by atoms with E-state index in [1.807, 2.05) is 36.4 Å². The van der Waals surface area contributed by atoms with Crippen LogP contribution in [0.3, 0.4) is 0 Å². The molecule has 0 aliphatic carbocycles. The lowest BCUT2D eigenvalue weighted by Crippen LogP contribution is -2.28. The maximum Gasteiger partial charge on any atom is 0.435 e. The van der Waals surface area contributed by atoms with Gasteiger partial charge in [-0.1, -0.05) is 30.3 Å². The number of carbonyl (C=O) groups excluding carboxylic acids is 1. The first kappa shape index (κ1) is 22.6. The molecular formula is C24H19F3N4OS. The molecule has 3 heterocycles. The maximum absolute atomic E-state index is 13.7. The molecule has 1 atom stereocenters. The largest absolute Gasteiger partial charge is 0.435 e.